The Morgan fingerprint density at radius 1 is 0.545 bits per heavy atom. The molecule has 0 bridgehead atoms. The van der Waals surface area contributed by atoms with Gasteiger partial charge < -0.3 is 0 Å². The lowest BCUT2D eigenvalue weighted by molar-refractivity contribution is -0.536. The van der Waals surface area contributed by atoms with Crippen molar-refractivity contribution in [3.8, 4) is 0 Å². The number of hydrogen-bond acceptors (Lipinski definition) is 4. The third-order valence-electron chi connectivity index (χ3n) is 3.08. The lowest BCUT2D eigenvalue weighted by atomic mass is 10.0. The van der Waals surface area contributed by atoms with E-state index < -0.39 is 5.79 Å². The molecule has 0 aliphatic heterocycles. The summed E-state index contributed by atoms with van der Waals surface area (Å²) in [5, 5.41) is 0. The zero-order valence-corrected chi connectivity index (χ0v) is 16.1. The molecule has 0 saturated heterocycles. The molecule has 0 amide bonds. The summed E-state index contributed by atoms with van der Waals surface area (Å²) in [5.41, 5.74) is -0.747. The van der Waals surface area contributed by atoms with E-state index in [-0.39, 0.29) is 11.2 Å². The van der Waals surface area contributed by atoms with Crippen LogP contribution in [0.15, 0.2) is 0 Å². The van der Waals surface area contributed by atoms with Gasteiger partial charge >= 0.3 is 0 Å². The van der Waals surface area contributed by atoms with Gasteiger partial charge in [-0.05, 0) is 48.5 Å². The summed E-state index contributed by atoms with van der Waals surface area (Å²) in [6.07, 6.45) is 9.62. The SMILES string of the molecule is C1CCCCC1.CCC(C)(OOC(C)(C)C)OOC(C)(C)C. The number of hydrogen-bond donors (Lipinski definition) is 0. The first kappa shape index (κ1) is 21.8. The first-order valence-electron chi connectivity index (χ1n) is 8.71. The van der Waals surface area contributed by atoms with Crippen LogP contribution >= 0.6 is 0 Å². The maximum absolute atomic E-state index is 5.29. The minimum absolute atomic E-state index is 0.373. The highest BCUT2D eigenvalue weighted by Crippen LogP contribution is 2.24. The Labute approximate surface area is 137 Å². The van der Waals surface area contributed by atoms with Gasteiger partial charge in [0.2, 0.25) is 5.79 Å². The maximum atomic E-state index is 5.29. The Hall–Kier alpha value is -0.160. The van der Waals surface area contributed by atoms with Crippen LogP contribution in [0.2, 0.25) is 0 Å². The Morgan fingerprint density at radius 2 is 0.818 bits per heavy atom. The van der Waals surface area contributed by atoms with Crippen molar-refractivity contribution in [3.05, 3.63) is 0 Å². The summed E-state index contributed by atoms with van der Waals surface area (Å²) < 4.78 is 0. The molecule has 1 aliphatic rings. The van der Waals surface area contributed by atoms with Gasteiger partial charge in [-0.15, -0.1) is 0 Å². The Morgan fingerprint density at radius 3 is 1.00 bits per heavy atom. The van der Waals surface area contributed by atoms with Crippen LogP contribution in [0, 0.1) is 0 Å². The van der Waals surface area contributed by atoms with Crippen molar-refractivity contribution in [2.45, 2.75) is 117 Å². The van der Waals surface area contributed by atoms with Gasteiger partial charge in [-0.25, -0.2) is 9.78 Å². The molecule has 1 fully saturated rings. The summed E-state index contributed by atoms with van der Waals surface area (Å²) in [5.74, 6) is -0.888. The minimum atomic E-state index is -0.888. The third-order valence-corrected chi connectivity index (χ3v) is 3.08. The predicted octanol–water partition coefficient (Wildman–Crippen LogP) is 5.95. The van der Waals surface area contributed by atoms with E-state index in [4.69, 9.17) is 19.6 Å². The molecule has 0 radical (unpaired) electrons. The summed E-state index contributed by atoms with van der Waals surface area (Å²) in [6.45, 7) is 15.2. The van der Waals surface area contributed by atoms with E-state index in [1.165, 1.54) is 38.5 Å². The van der Waals surface area contributed by atoms with Gasteiger partial charge in [-0.2, -0.15) is 9.78 Å². The van der Waals surface area contributed by atoms with E-state index in [1.54, 1.807) is 6.92 Å². The van der Waals surface area contributed by atoms with Crippen LogP contribution in [0.25, 0.3) is 0 Å². The molecule has 22 heavy (non-hydrogen) atoms. The fraction of sp³-hybridized carbons (Fsp3) is 1.00. The lowest BCUT2D eigenvalue weighted by Crippen LogP contribution is -2.38. The molecular formula is C18H38O4. The van der Waals surface area contributed by atoms with E-state index in [2.05, 4.69) is 0 Å². The van der Waals surface area contributed by atoms with Gasteiger partial charge in [-0.1, -0.05) is 45.4 Å². The van der Waals surface area contributed by atoms with Crippen LogP contribution in [0.4, 0.5) is 0 Å². The summed E-state index contributed by atoms with van der Waals surface area (Å²) in [6, 6.07) is 0. The molecule has 0 aromatic heterocycles. The van der Waals surface area contributed by atoms with E-state index in [0.717, 1.165) is 0 Å². The topological polar surface area (TPSA) is 36.9 Å². The molecule has 1 saturated carbocycles. The molecule has 0 aromatic rings. The molecule has 134 valence electrons. The standard InChI is InChI=1S/C12H26O4.C6H12/c1-9-12(8,15-13-10(2,3)4)16-14-11(5,6)7;1-2-4-6-5-3-1/h9H2,1-8H3;1-6H2. The van der Waals surface area contributed by atoms with Crippen LogP contribution in [0.5, 0.6) is 0 Å². The molecule has 1 rings (SSSR count). The normalized spacial score (nSPS) is 16.9. The second-order valence-corrected chi connectivity index (χ2v) is 8.17. The maximum Gasteiger partial charge on any atom is 0.231 e. The zero-order chi connectivity index (χ0) is 17.3. The molecule has 0 atom stereocenters. The molecule has 4 nitrogen and oxygen atoms in total. The van der Waals surface area contributed by atoms with E-state index in [0.29, 0.717) is 6.42 Å². The minimum Gasteiger partial charge on any atom is -0.228 e. The highest BCUT2D eigenvalue weighted by Gasteiger charge is 2.31. The number of rotatable bonds is 5. The van der Waals surface area contributed by atoms with Crippen LogP contribution < -0.4 is 0 Å². The Balaban J connectivity index is 0.000000604. The lowest BCUT2D eigenvalue weighted by Gasteiger charge is -2.31. The fourth-order valence-electron chi connectivity index (χ4n) is 1.62. The molecule has 4 heteroatoms. The molecular weight excluding hydrogens is 280 g/mol. The fourth-order valence-corrected chi connectivity index (χ4v) is 1.62. The van der Waals surface area contributed by atoms with Gasteiger partial charge in [-0.3, -0.25) is 0 Å². The summed E-state index contributed by atoms with van der Waals surface area (Å²) >= 11 is 0. The second-order valence-electron chi connectivity index (χ2n) is 8.17. The second kappa shape index (κ2) is 9.86. The van der Waals surface area contributed by atoms with Gasteiger partial charge in [0.25, 0.3) is 0 Å². The molecule has 0 unspecified atom stereocenters. The monoisotopic (exact) mass is 318 g/mol. The third kappa shape index (κ3) is 13.5. The van der Waals surface area contributed by atoms with Gasteiger partial charge in [0, 0.05) is 6.42 Å². The smallest absolute Gasteiger partial charge is 0.228 e. The highest BCUT2D eigenvalue weighted by molar-refractivity contribution is 4.60. The molecule has 0 spiro atoms. The Kier molecular flexibility index (Phi) is 9.79. The summed E-state index contributed by atoms with van der Waals surface area (Å²) in [7, 11) is 0. The molecule has 0 aromatic carbocycles. The van der Waals surface area contributed by atoms with Crippen LogP contribution in [-0.4, -0.2) is 17.0 Å². The average Bonchev–Trinajstić information content (AvgIpc) is 2.44. The van der Waals surface area contributed by atoms with Crippen molar-refractivity contribution in [2.75, 3.05) is 0 Å². The first-order chi connectivity index (χ1) is 9.97. The summed E-state index contributed by atoms with van der Waals surface area (Å²) in [4.78, 5) is 21.1. The zero-order valence-electron chi connectivity index (χ0n) is 16.1. The highest BCUT2D eigenvalue weighted by atomic mass is 17.3. The van der Waals surface area contributed by atoms with Crippen molar-refractivity contribution in [1.29, 1.82) is 0 Å². The van der Waals surface area contributed by atoms with Crippen LogP contribution in [-0.2, 0) is 19.6 Å². The van der Waals surface area contributed by atoms with Crippen molar-refractivity contribution in [2.24, 2.45) is 0 Å². The first-order valence-corrected chi connectivity index (χ1v) is 8.71. The molecule has 1 aliphatic carbocycles. The van der Waals surface area contributed by atoms with Crippen molar-refractivity contribution in [3.63, 3.8) is 0 Å². The van der Waals surface area contributed by atoms with Gasteiger partial charge in [0.05, 0.1) is 11.2 Å². The van der Waals surface area contributed by atoms with E-state index in [9.17, 15) is 0 Å². The van der Waals surface area contributed by atoms with Crippen molar-refractivity contribution in [1.82, 2.24) is 0 Å². The van der Waals surface area contributed by atoms with E-state index in [1.807, 2.05) is 48.5 Å². The van der Waals surface area contributed by atoms with Gasteiger partial charge in [0.15, 0.2) is 0 Å². The van der Waals surface area contributed by atoms with Crippen LogP contribution in [0.3, 0.4) is 0 Å². The molecule has 0 N–H and O–H groups in total. The van der Waals surface area contributed by atoms with E-state index >= 15 is 0 Å². The van der Waals surface area contributed by atoms with Crippen molar-refractivity contribution >= 4 is 0 Å². The quantitative estimate of drug-likeness (QED) is 0.357. The molecule has 0 heterocycles. The van der Waals surface area contributed by atoms with Gasteiger partial charge in [0.1, 0.15) is 0 Å². The van der Waals surface area contributed by atoms with Crippen molar-refractivity contribution < 1.29 is 19.6 Å². The largest absolute Gasteiger partial charge is 0.231 e. The van der Waals surface area contributed by atoms with Crippen LogP contribution in [0.1, 0.15) is 100 Å². The predicted molar refractivity (Wildman–Crippen MR) is 90.2 cm³/mol. The Bertz CT molecular complexity index is 242. The average molecular weight is 318 g/mol.